The van der Waals surface area contributed by atoms with Crippen LogP contribution in [-0.4, -0.2) is 10.3 Å². The number of benzene rings is 3. The van der Waals surface area contributed by atoms with Gasteiger partial charge in [0.25, 0.3) is 0 Å². The molecule has 3 aromatic carbocycles. The lowest BCUT2D eigenvalue weighted by atomic mass is 9.93. The first kappa shape index (κ1) is 17.7. The van der Waals surface area contributed by atoms with Gasteiger partial charge in [0.15, 0.2) is 5.76 Å². The Hall–Kier alpha value is -2.75. The Bertz CT molecular complexity index is 1100. The van der Waals surface area contributed by atoms with Crippen molar-refractivity contribution in [2.24, 2.45) is 0 Å². The first-order valence-electron chi connectivity index (χ1n) is 8.35. The normalized spacial score (nSPS) is 10.9. The molecule has 1 N–H and O–H groups in total. The van der Waals surface area contributed by atoms with E-state index in [2.05, 4.69) is 5.16 Å². The molecule has 3 nitrogen and oxygen atoms in total. The van der Waals surface area contributed by atoms with E-state index in [0.29, 0.717) is 27.1 Å². The average Bonchev–Trinajstić information content (AvgIpc) is 3.07. The molecule has 0 unspecified atom stereocenters. The molecule has 27 heavy (non-hydrogen) atoms. The first-order valence-corrected chi connectivity index (χ1v) is 9.11. The van der Waals surface area contributed by atoms with Crippen LogP contribution >= 0.6 is 23.2 Å². The molecule has 0 fully saturated rings. The minimum Gasteiger partial charge on any atom is -0.508 e. The first-order chi connectivity index (χ1) is 13.1. The fourth-order valence-electron chi connectivity index (χ4n) is 3.10. The number of nitrogens with zero attached hydrogens (tertiary/aromatic N) is 1. The monoisotopic (exact) mass is 395 g/mol. The number of hydrogen-bond acceptors (Lipinski definition) is 3. The number of phenolic OH excluding ortho intramolecular Hbond substituents is 1. The number of hydrogen-bond donors (Lipinski definition) is 1. The highest BCUT2D eigenvalue weighted by Gasteiger charge is 2.24. The van der Waals surface area contributed by atoms with E-state index >= 15 is 0 Å². The lowest BCUT2D eigenvalue weighted by Crippen LogP contribution is -1.89. The zero-order valence-corrected chi connectivity index (χ0v) is 15.9. The van der Waals surface area contributed by atoms with E-state index in [1.54, 1.807) is 42.5 Å². The Morgan fingerprint density at radius 2 is 1.48 bits per heavy atom. The minimum absolute atomic E-state index is 0.185. The molecule has 0 atom stereocenters. The molecule has 0 bridgehead atoms. The quantitative estimate of drug-likeness (QED) is 0.406. The van der Waals surface area contributed by atoms with Gasteiger partial charge in [-0.2, -0.15) is 0 Å². The van der Waals surface area contributed by atoms with Gasteiger partial charge in [0.2, 0.25) is 0 Å². The van der Waals surface area contributed by atoms with Gasteiger partial charge in [-0.15, -0.1) is 0 Å². The molecule has 0 saturated heterocycles. The lowest BCUT2D eigenvalue weighted by Gasteiger charge is -2.10. The topological polar surface area (TPSA) is 46.3 Å². The van der Waals surface area contributed by atoms with Crippen molar-refractivity contribution in [1.29, 1.82) is 0 Å². The summed E-state index contributed by atoms with van der Waals surface area (Å²) in [6, 6.07) is 20.1. The third kappa shape index (κ3) is 3.20. The van der Waals surface area contributed by atoms with E-state index in [-0.39, 0.29) is 5.75 Å². The zero-order chi connectivity index (χ0) is 19.0. The second-order valence-electron chi connectivity index (χ2n) is 6.19. The van der Waals surface area contributed by atoms with Crippen LogP contribution in [0.1, 0.15) is 5.56 Å². The molecule has 5 heteroatoms. The summed E-state index contributed by atoms with van der Waals surface area (Å²) >= 11 is 12.9. The van der Waals surface area contributed by atoms with Crippen LogP contribution in [0.4, 0.5) is 0 Å². The molecule has 4 aromatic rings. The minimum atomic E-state index is 0.185. The number of aryl methyl sites for hydroxylation is 1. The van der Waals surface area contributed by atoms with E-state index < -0.39 is 0 Å². The highest BCUT2D eigenvalue weighted by molar-refractivity contribution is 6.39. The Balaban J connectivity index is 2.04. The summed E-state index contributed by atoms with van der Waals surface area (Å²) in [5.41, 5.74) is 4.88. The zero-order valence-electron chi connectivity index (χ0n) is 14.4. The number of aromatic hydroxyl groups is 1. The van der Waals surface area contributed by atoms with Crippen molar-refractivity contribution in [3.05, 3.63) is 82.3 Å². The fourth-order valence-corrected chi connectivity index (χ4v) is 3.67. The summed E-state index contributed by atoms with van der Waals surface area (Å²) in [5.74, 6) is 0.778. The molecule has 4 rings (SSSR count). The SMILES string of the molecule is Cc1ccccc1-c1c(-c2c(Cl)cccc2Cl)noc1-c1ccc(O)cc1. The Kier molecular flexibility index (Phi) is 4.65. The molecule has 0 amide bonds. The molecule has 0 aliphatic rings. The summed E-state index contributed by atoms with van der Waals surface area (Å²) in [4.78, 5) is 0. The molecule has 134 valence electrons. The lowest BCUT2D eigenvalue weighted by molar-refractivity contribution is 0.435. The molecule has 0 saturated carbocycles. The summed E-state index contributed by atoms with van der Waals surface area (Å²) in [6.07, 6.45) is 0. The van der Waals surface area contributed by atoms with Crippen LogP contribution in [0, 0.1) is 6.92 Å². The van der Waals surface area contributed by atoms with Crippen LogP contribution in [0.3, 0.4) is 0 Å². The van der Waals surface area contributed by atoms with Gasteiger partial charge in [-0.1, -0.05) is 58.7 Å². The van der Waals surface area contributed by atoms with Gasteiger partial charge in [-0.3, -0.25) is 0 Å². The third-order valence-electron chi connectivity index (χ3n) is 4.44. The van der Waals surface area contributed by atoms with Crippen LogP contribution in [0.15, 0.2) is 71.3 Å². The van der Waals surface area contributed by atoms with Gasteiger partial charge in [0, 0.05) is 11.1 Å². The van der Waals surface area contributed by atoms with Crippen LogP contribution < -0.4 is 0 Å². The van der Waals surface area contributed by atoms with Crippen LogP contribution in [0.5, 0.6) is 5.75 Å². The number of rotatable bonds is 3. The maximum atomic E-state index is 9.61. The van der Waals surface area contributed by atoms with Crippen molar-refractivity contribution in [2.45, 2.75) is 6.92 Å². The molecule has 0 radical (unpaired) electrons. The second-order valence-corrected chi connectivity index (χ2v) is 7.01. The number of phenols is 1. The molecule has 0 spiro atoms. The van der Waals surface area contributed by atoms with Crippen LogP contribution in [0.25, 0.3) is 33.7 Å². The molecule has 0 aliphatic carbocycles. The fraction of sp³-hybridized carbons (Fsp3) is 0.0455. The van der Waals surface area contributed by atoms with E-state index in [1.165, 1.54) is 0 Å². The second kappa shape index (κ2) is 7.10. The standard InChI is InChI=1S/C22H15Cl2NO2/c1-13-5-2-3-6-16(13)19-21(20-17(23)7-4-8-18(20)24)25-27-22(19)14-9-11-15(26)12-10-14/h2-12,26H,1H3. The molecular weight excluding hydrogens is 381 g/mol. The van der Waals surface area contributed by atoms with Gasteiger partial charge in [0.05, 0.1) is 15.6 Å². The predicted molar refractivity (Wildman–Crippen MR) is 109 cm³/mol. The van der Waals surface area contributed by atoms with Gasteiger partial charge in [0.1, 0.15) is 11.4 Å². The number of halogens is 2. The van der Waals surface area contributed by atoms with Gasteiger partial charge >= 0.3 is 0 Å². The van der Waals surface area contributed by atoms with Crippen LogP contribution in [0.2, 0.25) is 10.0 Å². The van der Waals surface area contributed by atoms with Gasteiger partial charge < -0.3 is 9.63 Å². The van der Waals surface area contributed by atoms with Crippen molar-refractivity contribution < 1.29 is 9.63 Å². The van der Waals surface area contributed by atoms with Crippen molar-refractivity contribution in [2.75, 3.05) is 0 Å². The smallest absolute Gasteiger partial charge is 0.175 e. The van der Waals surface area contributed by atoms with Gasteiger partial charge in [-0.05, 0) is 54.4 Å². The largest absolute Gasteiger partial charge is 0.508 e. The Morgan fingerprint density at radius 1 is 0.815 bits per heavy atom. The van der Waals surface area contributed by atoms with Crippen molar-refractivity contribution in [3.63, 3.8) is 0 Å². The highest BCUT2D eigenvalue weighted by atomic mass is 35.5. The Morgan fingerprint density at radius 3 is 2.15 bits per heavy atom. The van der Waals surface area contributed by atoms with E-state index in [9.17, 15) is 5.11 Å². The van der Waals surface area contributed by atoms with Crippen molar-refractivity contribution in [3.8, 4) is 39.5 Å². The molecule has 1 aromatic heterocycles. The average molecular weight is 396 g/mol. The third-order valence-corrected chi connectivity index (χ3v) is 5.07. The van der Waals surface area contributed by atoms with Crippen molar-refractivity contribution >= 4 is 23.2 Å². The van der Waals surface area contributed by atoms with E-state index in [4.69, 9.17) is 27.7 Å². The molecular formula is C22H15Cl2NO2. The highest BCUT2D eigenvalue weighted by Crippen LogP contribution is 2.45. The van der Waals surface area contributed by atoms with Crippen LogP contribution in [-0.2, 0) is 0 Å². The summed E-state index contributed by atoms with van der Waals surface area (Å²) in [5, 5.41) is 14.9. The summed E-state index contributed by atoms with van der Waals surface area (Å²) in [6.45, 7) is 2.03. The maximum Gasteiger partial charge on any atom is 0.175 e. The van der Waals surface area contributed by atoms with E-state index in [1.807, 2.05) is 31.2 Å². The van der Waals surface area contributed by atoms with Gasteiger partial charge in [-0.25, -0.2) is 0 Å². The molecule has 0 aliphatic heterocycles. The summed E-state index contributed by atoms with van der Waals surface area (Å²) < 4.78 is 5.75. The number of aromatic nitrogens is 1. The maximum absolute atomic E-state index is 9.61. The summed E-state index contributed by atoms with van der Waals surface area (Å²) in [7, 11) is 0. The molecule has 1 heterocycles. The predicted octanol–water partition coefficient (Wildman–Crippen LogP) is 7.00. The Labute approximate surface area is 166 Å². The van der Waals surface area contributed by atoms with E-state index in [0.717, 1.165) is 22.3 Å². The van der Waals surface area contributed by atoms with Crippen molar-refractivity contribution in [1.82, 2.24) is 5.16 Å².